The van der Waals surface area contributed by atoms with Crippen LogP contribution >= 0.6 is 0 Å². The van der Waals surface area contributed by atoms with Crippen molar-refractivity contribution in [3.05, 3.63) is 65.2 Å². The van der Waals surface area contributed by atoms with Crippen LogP contribution in [0.15, 0.2) is 47.6 Å². The summed E-state index contributed by atoms with van der Waals surface area (Å²) in [7, 11) is 0. The molecule has 188 valence electrons. The van der Waals surface area contributed by atoms with E-state index >= 15 is 0 Å². The molecule has 35 heavy (non-hydrogen) atoms. The Kier molecular flexibility index (Phi) is 7.48. The summed E-state index contributed by atoms with van der Waals surface area (Å²) >= 11 is 0. The summed E-state index contributed by atoms with van der Waals surface area (Å²) in [6.45, 7) is 7.01. The molecule has 3 aliphatic heterocycles. The summed E-state index contributed by atoms with van der Waals surface area (Å²) in [5.41, 5.74) is 1.30. The van der Waals surface area contributed by atoms with E-state index in [1.807, 2.05) is 11.0 Å². The lowest BCUT2D eigenvalue weighted by Gasteiger charge is -2.46. The number of halogens is 2. The van der Waals surface area contributed by atoms with Gasteiger partial charge in [-0.15, -0.1) is 0 Å². The molecule has 3 heterocycles. The molecule has 0 saturated carbocycles. The van der Waals surface area contributed by atoms with Crippen molar-refractivity contribution in [2.24, 2.45) is 11.1 Å². The van der Waals surface area contributed by atoms with Crippen molar-refractivity contribution in [2.45, 2.75) is 38.3 Å². The van der Waals surface area contributed by atoms with Crippen molar-refractivity contribution in [3.8, 4) is 5.75 Å². The Balaban J connectivity index is 1.13. The maximum absolute atomic E-state index is 14.3. The Morgan fingerprint density at radius 3 is 2.69 bits per heavy atom. The number of rotatable bonds is 6. The van der Waals surface area contributed by atoms with Gasteiger partial charge in [0, 0.05) is 44.7 Å². The molecule has 0 aliphatic carbocycles. The van der Waals surface area contributed by atoms with Crippen LogP contribution in [0.3, 0.4) is 0 Å². The molecule has 0 unspecified atom stereocenters. The fourth-order valence-electron chi connectivity index (χ4n) is 5.69. The minimum Gasteiger partial charge on any atom is -0.493 e. The maximum Gasteiger partial charge on any atom is 0.178 e. The van der Waals surface area contributed by atoms with E-state index in [4.69, 9.17) is 4.74 Å². The fourth-order valence-corrected chi connectivity index (χ4v) is 5.69. The summed E-state index contributed by atoms with van der Waals surface area (Å²) in [4.78, 5) is 6.81. The van der Waals surface area contributed by atoms with E-state index < -0.39 is 11.6 Å². The number of fused-ring (bicyclic) bond motifs is 1. The van der Waals surface area contributed by atoms with Gasteiger partial charge in [-0.1, -0.05) is 17.3 Å². The zero-order valence-corrected chi connectivity index (χ0v) is 20.1. The number of ether oxygens (including phenoxy) is 1. The zero-order valence-electron chi connectivity index (χ0n) is 20.1. The second-order valence-corrected chi connectivity index (χ2v) is 10.0. The lowest BCUT2D eigenvalue weighted by atomic mass is 9.91. The molecule has 2 aromatic rings. The number of piperazine rings is 1. The summed E-state index contributed by atoms with van der Waals surface area (Å²) in [5, 5.41) is 12.9. The Morgan fingerprint density at radius 1 is 1.00 bits per heavy atom. The molecule has 0 spiro atoms. The molecule has 3 aliphatic rings. The highest BCUT2D eigenvalue weighted by atomic mass is 19.1. The summed E-state index contributed by atoms with van der Waals surface area (Å²) < 4.78 is 34.2. The Bertz CT molecular complexity index is 1040. The van der Waals surface area contributed by atoms with Crippen LogP contribution in [0.2, 0.25) is 0 Å². The highest BCUT2D eigenvalue weighted by molar-refractivity contribution is 5.98. The normalized spacial score (nSPS) is 23.9. The average molecular weight is 485 g/mol. The molecule has 2 atom stereocenters. The van der Waals surface area contributed by atoms with Crippen LogP contribution in [0.25, 0.3) is 0 Å². The van der Waals surface area contributed by atoms with E-state index in [0.717, 1.165) is 56.4 Å². The fraction of sp³-hybridized carbons (Fsp3) is 0.519. The van der Waals surface area contributed by atoms with Crippen LogP contribution in [-0.2, 0) is 6.54 Å². The van der Waals surface area contributed by atoms with Crippen LogP contribution in [0.4, 0.5) is 8.78 Å². The van der Waals surface area contributed by atoms with E-state index in [9.17, 15) is 14.0 Å². The molecular weight excluding hydrogens is 450 g/mol. The Morgan fingerprint density at radius 2 is 1.86 bits per heavy atom. The molecule has 2 aromatic carbocycles. The van der Waals surface area contributed by atoms with Crippen LogP contribution in [0.5, 0.6) is 5.75 Å². The second-order valence-electron chi connectivity index (χ2n) is 10.0. The maximum atomic E-state index is 14.3. The lowest BCUT2D eigenvalue weighted by Crippen LogP contribution is -2.58. The minimum atomic E-state index is -0.591. The smallest absolute Gasteiger partial charge is 0.178 e. The molecule has 3 saturated heterocycles. The molecule has 0 radical (unpaired) electrons. The van der Waals surface area contributed by atoms with Crippen LogP contribution in [0.1, 0.15) is 36.8 Å². The average Bonchev–Trinajstić information content (AvgIpc) is 3.38. The van der Waals surface area contributed by atoms with Gasteiger partial charge in [-0.2, -0.15) is 0 Å². The van der Waals surface area contributed by atoms with Crippen molar-refractivity contribution >= 4 is 5.84 Å². The summed E-state index contributed by atoms with van der Waals surface area (Å²) in [6, 6.07) is 12.0. The molecule has 0 aromatic heterocycles. The van der Waals surface area contributed by atoms with Gasteiger partial charge >= 0.3 is 0 Å². The number of likely N-dealkylation sites (tertiary alicyclic amines) is 1. The zero-order chi connectivity index (χ0) is 24.2. The third-order valence-corrected chi connectivity index (χ3v) is 7.56. The van der Waals surface area contributed by atoms with Gasteiger partial charge in [0.15, 0.2) is 5.84 Å². The summed E-state index contributed by atoms with van der Waals surface area (Å²) in [6.07, 6.45) is 4.62. The highest BCUT2D eigenvalue weighted by Gasteiger charge is 2.35. The van der Waals surface area contributed by atoms with E-state index in [-0.39, 0.29) is 17.4 Å². The molecule has 0 amide bonds. The Labute approximate surface area is 205 Å². The molecule has 0 bridgehead atoms. The highest BCUT2D eigenvalue weighted by Crippen LogP contribution is 2.28. The molecule has 1 N–H and O–H groups in total. The van der Waals surface area contributed by atoms with Crippen LogP contribution < -0.4 is 4.74 Å². The minimum absolute atomic E-state index is 0.00463. The van der Waals surface area contributed by atoms with Gasteiger partial charge in [-0.05, 0) is 74.7 Å². The predicted octanol–water partition coefficient (Wildman–Crippen LogP) is 4.17. The van der Waals surface area contributed by atoms with Gasteiger partial charge in [-0.25, -0.2) is 8.78 Å². The molecule has 3 fully saturated rings. The first-order chi connectivity index (χ1) is 17.1. The van der Waals surface area contributed by atoms with E-state index in [2.05, 4.69) is 33.2 Å². The van der Waals surface area contributed by atoms with Gasteiger partial charge in [0.05, 0.1) is 12.2 Å². The predicted molar refractivity (Wildman–Crippen MR) is 131 cm³/mol. The topological polar surface area (TPSA) is 51.5 Å². The number of oxime groups is 1. The first-order valence-electron chi connectivity index (χ1n) is 12.7. The molecular formula is C27H34F2N4O2. The van der Waals surface area contributed by atoms with Gasteiger partial charge < -0.3 is 14.8 Å². The van der Waals surface area contributed by atoms with Crippen molar-refractivity contribution in [2.75, 3.05) is 45.9 Å². The number of benzene rings is 2. The van der Waals surface area contributed by atoms with Crippen molar-refractivity contribution in [1.29, 1.82) is 0 Å². The van der Waals surface area contributed by atoms with Gasteiger partial charge in [0.1, 0.15) is 17.4 Å². The third kappa shape index (κ3) is 5.76. The van der Waals surface area contributed by atoms with Crippen molar-refractivity contribution < 1.29 is 18.7 Å². The van der Waals surface area contributed by atoms with Gasteiger partial charge in [0.2, 0.25) is 0 Å². The van der Waals surface area contributed by atoms with Crippen molar-refractivity contribution in [1.82, 2.24) is 14.7 Å². The largest absolute Gasteiger partial charge is 0.493 e. The SMILES string of the molecule is ON=C(c1cc(F)ccc1F)N1CCN2C[C@H](COc3cccc(CN4CCCC4)c3)CC[C@@H]2C1. The van der Waals surface area contributed by atoms with Crippen LogP contribution in [0, 0.1) is 17.6 Å². The number of nitrogens with zero attached hydrogens (tertiary/aromatic N) is 4. The molecule has 8 heteroatoms. The molecule has 6 nitrogen and oxygen atoms in total. The first kappa shape index (κ1) is 24.0. The quantitative estimate of drug-likeness (QED) is 0.289. The Hall–Kier alpha value is -2.71. The van der Waals surface area contributed by atoms with E-state index in [0.29, 0.717) is 25.6 Å². The standard InChI is InChI=1S/C27H34F2N4O2/c28-22-7-9-26(29)25(15-22)27(30-34)33-13-12-32-17-21(6-8-23(32)18-33)19-35-24-5-3-4-20(14-24)16-31-10-1-2-11-31/h3-5,7,9,14-15,21,23,34H,1-2,6,8,10-13,16-19H2/t21-,23-/m1/s1. The van der Waals surface area contributed by atoms with Crippen LogP contribution in [-0.4, -0.2) is 77.7 Å². The number of piperidine rings is 1. The second kappa shape index (κ2) is 10.9. The van der Waals surface area contributed by atoms with E-state index in [1.54, 1.807) is 0 Å². The third-order valence-electron chi connectivity index (χ3n) is 7.56. The van der Waals surface area contributed by atoms with Gasteiger partial charge in [0.25, 0.3) is 0 Å². The summed E-state index contributed by atoms with van der Waals surface area (Å²) in [5.74, 6) is 0.345. The van der Waals surface area contributed by atoms with Crippen molar-refractivity contribution in [3.63, 3.8) is 0 Å². The number of amidine groups is 1. The van der Waals surface area contributed by atoms with E-state index in [1.165, 1.54) is 31.5 Å². The number of hydrogen-bond donors (Lipinski definition) is 1. The number of hydrogen-bond acceptors (Lipinski definition) is 5. The van der Waals surface area contributed by atoms with Gasteiger partial charge in [-0.3, -0.25) is 9.80 Å². The first-order valence-corrected chi connectivity index (χ1v) is 12.7. The molecule has 5 rings (SSSR count). The monoisotopic (exact) mass is 484 g/mol. The lowest BCUT2D eigenvalue weighted by molar-refractivity contribution is 0.0381.